The van der Waals surface area contributed by atoms with Crippen molar-refractivity contribution in [2.24, 2.45) is 11.7 Å². The Morgan fingerprint density at radius 2 is 2.05 bits per heavy atom. The van der Waals surface area contributed by atoms with Crippen LogP contribution in [-0.4, -0.2) is 34.8 Å². The fourth-order valence-corrected chi connectivity index (χ4v) is 3.52. The van der Waals surface area contributed by atoms with E-state index in [9.17, 15) is 5.11 Å². The number of pyridine rings is 1. The molecule has 1 aromatic rings. The Bertz CT molecular complexity index is 539. The van der Waals surface area contributed by atoms with Crippen molar-refractivity contribution < 1.29 is 5.11 Å². The number of aliphatic hydroxyl groups is 1. The molecule has 1 saturated heterocycles. The average Bonchev–Trinajstić information content (AvgIpc) is 2.53. The topological polar surface area (TPSA) is 62.4 Å². The number of aromatic nitrogens is 1. The summed E-state index contributed by atoms with van der Waals surface area (Å²) in [7, 11) is 0. The molecule has 1 fully saturated rings. The molecule has 0 spiro atoms. The second kappa shape index (κ2) is 6.28. The number of hydrogen-bond donors (Lipinski definition) is 2. The molecule has 0 atom stereocenters. The molecule has 1 aromatic heterocycles. The number of fused-ring (bicyclic) bond motifs is 1. The first-order valence-electron chi connectivity index (χ1n) is 7.87. The highest BCUT2D eigenvalue weighted by molar-refractivity contribution is 7.80. The molecule has 0 radical (unpaired) electrons. The van der Waals surface area contributed by atoms with Gasteiger partial charge in [-0.1, -0.05) is 12.2 Å². The quantitative estimate of drug-likeness (QED) is 0.834. The lowest BCUT2D eigenvalue weighted by Gasteiger charge is -2.34. The predicted octanol–water partition coefficient (Wildman–Crippen LogP) is 1.80. The third-order valence-electron chi connectivity index (χ3n) is 4.72. The van der Waals surface area contributed by atoms with Crippen LogP contribution in [0.3, 0.4) is 0 Å². The number of aryl methyl sites for hydroxylation is 2. The summed E-state index contributed by atoms with van der Waals surface area (Å²) in [5, 5.41) is 9.27. The molecule has 0 unspecified atom stereocenters. The van der Waals surface area contributed by atoms with E-state index < -0.39 is 0 Å². The van der Waals surface area contributed by atoms with Crippen molar-refractivity contribution in [1.82, 2.24) is 4.98 Å². The summed E-state index contributed by atoms with van der Waals surface area (Å²) in [6.07, 6.45) is 6.61. The summed E-state index contributed by atoms with van der Waals surface area (Å²) < 4.78 is 0. The van der Waals surface area contributed by atoms with Crippen molar-refractivity contribution in [2.45, 2.75) is 38.5 Å². The molecule has 0 aromatic carbocycles. The van der Waals surface area contributed by atoms with Crippen molar-refractivity contribution in [3.8, 4) is 0 Å². The van der Waals surface area contributed by atoms with E-state index in [4.69, 9.17) is 22.9 Å². The lowest BCUT2D eigenvalue weighted by molar-refractivity contribution is 0.202. The summed E-state index contributed by atoms with van der Waals surface area (Å²) in [6, 6.07) is 2.16. The number of nitrogens with zero attached hydrogens (tertiary/aromatic N) is 2. The average molecular weight is 305 g/mol. The number of aliphatic hydroxyl groups excluding tert-OH is 1. The zero-order valence-electron chi connectivity index (χ0n) is 12.3. The van der Waals surface area contributed by atoms with Gasteiger partial charge >= 0.3 is 0 Å². The zero-order chi connectivity index (χ0) is 14.8. The number of hydrogen-bond acceptors (Lipinski definition) is 4. The zero-order valence-corrected chi connectivity index (χ0v) is 13.2. The molecule has 4 nitrogen and oxygen atoms in total. The van der Waals surface area contributed by atoms with E-state index in [2.05, 4.69) is 11.0 Å². The van der Waals surface area contributed by atoms with Gasteiger partial charge in [-0.3, -0.25) is 0 Å². The summed E-state index contributed by atoms with van der Waals surface area (Å²) in [6.45, 7) is 2.13. The first-order valence-corrected chi connectivity index (χ1v) is 8.28. The van der Waals surface area contributed by atoms with Gasteiger partial charge in [-0.25, -0.2) is 4.98 Å². The van der Waals surface area contributed by atoms with Crippen LogP contribution < -0.4 is 10.6 Å². The number of piperidine rings is 1. The highest BCUT2D eigenvalue weighted by Crippen LogP contribution is 2.29. The molecule has 0 bridgehead atoms. The maximum Gasteiger partial charge on any atom is 0.139 e. The Morgan fingerprint density at radius 3 is 2.71 bits per heavy atom. The van der Waals surface area contributed by atoms with Crippen LogP contribution in [-0.2, 0) is 12.8 Å². The van der Waals surface area contributed by atoms with Gasteiger partial charge in [-0.15, -0.1) is 0 Å². The maximum absolute atomic E-state index is 9.27. The Balaban J connectivity index is 1.91. The van der Waals surface area contributed by atoms with E-state index in [0.717, 1.165) is 50.2 Å². The van der Waals surface area contributed by atoms with Crippen LogP contribution >= 0.6 is 12.2 Å². The van der Waals surface area contributed by atoms with Crippen LogP contribution in [0.15, 0.2) is 6.07 Å². The van der Waals surface area contributed by atoms with Gasteiger partial charge in [-0.05, 0) is 56.1 Å². The molecular formula is C16H23N3OS. The molecule has 0 amide bonds. The first kappa shape index (κ1) is 14.7. The van der Waals surface area contributed by atoms with Crippen molar-refractivity contribution in [3.63, 3.8) is 0 Å². The van der Waals surface area contributed by atoms with Crippen LogP contribution in [0, 0.1) is 5.92 Å². The van der Waals surface area contributed by atoms with Gasteiger partial charge in [-0.2, -0.15) is 0 Å². The molecule has 5 heteroatoms. The Hall–Kier alpha value is -1.20. The number of anilines is 1. The highest BCUT2D eigenvalue weighted by Gasteiger charge is 2.24. The normalized spacial score (nSPS) is 19.4. The van der Waals surface area contributed by atoms with E-state index in [1.165, 1.54) is 24.1 Å². The minimum absolute atomic E-state index is 0.285. The second-order valence-corrected chi connectivity index (χ2v) is 6.59. The van der Waals surface area contributed by atoms with Gasteiger partial charge in [0.25, 0.3) is 0 Å². The molecular weight excluding hydrogens is 282 g/mol. The van der Waals surface area contributed by atoms with Gasteiger partial charge in [0.05, 0.1) is 5.56 Å². The second-order valence-electron chi connectivity index (χ2n) is 6.15. The fraction of sp³-hybridized carbons (Fsp3) is 0.625. The molecule has 1 aliphatic carbocycles. The Morgan fingerprint density at radius 1 is 1.33 bits per heavy atom. The van der Waals surface area contributed by atoms with Crippen molar-refractivity contribution in [1.29, 1.82) is 0 Å². The van der Waals surface area contributed by atoms with Crippen LogP contribution in [0.5, 0.6) is 0 Å². The van der Waals surface area contributed by atoms with Gasteiger partial charge in [0.15, 0.2) is 0 Å². The monoisotopic (exact) mass is 305 g/mol. The van der Waals surface area contributed by atoms with Crippen molar-refractivity contribution in [3.05, 3.63) is 22.9 Å². The summed E-state index contributed by atoms with van der Waals surface area (Å²) in [5.74, 6) is 1.38. The summed E-state index contributed by atoms with van der Waals surface area (Å²) in [4.78, 5) is 7.63. The van der Waals surface area contributed by atoms with E-state index in [1.807, 2.05) is 0 Å². The molecule has 3 N–H and O–H groups in total. The van der Waals surface area contributed by atoms with Crippen LogP contribution in [0.1, 0.15) is 42.5 Å². The van der Waals surface area contributed by atoms with Gasteiger partial charge in [0.2, 0.25) is 0 Å². The first-order chi connectivity index (χ1) is 10.2. The molecule has 21 heavy (non-hydrogen) atoms. The fourth-order valence-electron chi connectivity index (χ4n) is 3.37. The van der Waals surface area contributed by atoms with E-state index in [-0.39, 0.29) is 6.61 Å². The summed E-state index contributed by atoms with van der Waals surface area (Å²) >= 11 is 5.24. The lowest BCUT2D eigenvalue weighted by atomic mass is 9.93. The molecule has 3 rings (SSSR count). The molecule has 114 valence electrons. The maximum atomic E-state index is 9.27. The van der Waals surface area contributed by atoms with E-state index >= 15 is 0 Å². The molecule has 2 aliphatic rings. The van der Waals surface area contributed by atoms with Crippen LogP contribution in [0.2, 0.25) is 0 Å². The SMILES string of the molecule is NC(=S)c1cc2c(nc1N1CCC(CO)CC1)CCCC2. The third kappa shape index (κ3) is 3.04. The van der Waals surface area contributed by atoms with Crippen molar-refractivity contribution >= 4 is 23.0 Å². The third-order valence-corrected chi connectivity index (χ3v) is 4.94. The smallest absolute Gasteiger partial charge is 0.139 e. The standard InChI is InChI=1S/C16H23N3OS/c17-15(21)13-9-12-3-1-2-4-14(12)18-16(13)19-7-5-11(10-20)6-8-19/h9,11,20H,1-8,10H2,(H2,17,21). The largest absolute Gasteiger partial charge is 0.396 e. The van der Waals surface area contributed by atoms with E-state index in [0.29, 0.717) is 10.9 Å². The number of nitrogens with two attached hydrogens (primary N) is 1. The molecule has 1 aliphatic heterocycles. The number of thiocarbonyl (C=S) groups is 1. The van der Waals surface area contributed by atoms with E-state index in [1.54, 1.807) is 0 Å². The summed E-state index contributed by atoms with van der Waals surface area (Å²) in [5.41, 5.74) is 9.40. The van der Waals surface area contributed by atoms with Gasteiger partial charge in [0.1, 0.15) is 10.8 Å². The minimum atomic E-state index is 0.285. The van der Waals surface area contributed by atoms with Crippen molar-refractivity contribution in [2.75, 3.05) is 24.6 Å². The molecule has 2 heterocycles. The Kier molecular flexibility index (Phi) is 4.40. The predicted molar refractivity (Wildman–Crippen MR) is 88.8 cm³/mol. The minimum Gasteiger partial charge on any atom is -0.396 e. The van der Waals surface area contributed by atoms with Crippen LogP contribution in [0.25, 0.3) is 0 Å². The number of rotatable bonds is 3. The Labute approximate surface area is 131 Å². The van der Waals surface area contributed by atoms with Gasteiger partial charge in [0, 0.05) is 25.4 Å². The van der Waals surface area contributed by atoms with Gasteiger partial charge < -0.3 is 15.7 Å². The van der Waals surface area contributed by atoms with Crippen LogP contribution in [0.4, 0.5) is 5.82 Å². The highest BCUT2D eigenvalue weighted by atomic mass is 32.1. The molecule has 0 saturated carbocycles. The lowest BCUT2D eigenvalue weighted by Crippen LogP contribution is -2.37.